The summed E-state index contributed by atoms with van der Waals surface area (Å²) in [7, 11) is 4.44. The number of carbonyl (C=O) groups is 2. The van der Waals surface area contributed by atoms with Crippen molar-refractivity contribution in [3.63, 3.8) is 0 Å². The van der Waals surface area contributed by atoms with E-state index in [1.807, 2.05) is 6.07 Å². The van der Waals surface area contributed by atoms with E-state index in [0.29, 0.717) is 22.7 Å². The van der Waals surface area contributed by atoms with Gasteiger partial charge in [0.1, 0.15) is 11.3 Å². The molecule has 31 heavy (non-hydrogen) atoms. The first-order valence-corrected chi connectivity index (χ1v) is 9.49. The maximum absolute atomic E-state index is 13.1. The van der Waals surface area contributed by atoms with Crippen LogP contribution in [0, 0.1) is 0 Å². The molecule has 0 bridgehead atoms. The zero-order valence-electron chi connectivity index (χ0n) is 17.5. The third-order valence-corrected chi connectivity index (χ3v) is 4.53. The molecule has 3 aromatic rings. The molecule has 0 aliphatic heterocycles. The molecule has 7 heteroatoms. The van der Waals surface area contributed by atoms with E-state index in [0.717, 1.165) is 0 Å². The van der Waals surface area contributed by atoms with Gasteiger partial charge in [-0.25, -0.2) is 4.79 Å². The Morgan fingerprint density at radius 1 is 0.806 bits per heavy atom. The van der Waals surface area contributed by atoms with Gasteiger partial charge in [0.15, 0.2) is 11.5 Å². The minimum absolute atomic E-state index is 0.150. The summed E-state index contributed by atoms with van der Waals surface area (Å²) in [5, 5.41) is 2.77. The standard InChI is InChI=1S/C24H23NO6/c1-28-18-12-7-11-17(15-18)25-23(26)21(16-9-5-4-6-10-16)31-24(27)19-13-8-14-20(29-2)22(19)30-3/h4-15,21H,1-3H3,(H,25,26)/t21-/m0/s1. The summed E-state index contributed by atoms with van der Waals surface area (Å²) < 4.78 is 21.4. The van der Waals surface area contributed by atoms with E-state index in [9.17, 15) is 9.59 Å². The number of amides is 1. The Labute approximate surface area is 180 Å². The van der Waals surface area contributed by atoms with E-state index in [-0.39, 0.29) is 11.3 Å². The number of hydrogen-bond acceptors (Lipinski definition) is 6. The van der Waals surface area contributed by atoms with Gasteiger partial charge in [-0.3, -0.25) is 4.79 Å². The van der Waals surface area contributed by atoms with Crippen LogP contribution in [0.5, 0.6) is 17.2 Å². The Hall–Kier alpha value is -4.00. The summed E-state index contributed by atoms with van der Waals surface area (Å²) in [6.07, 6.45) is -1.18. The molecule has 1 amide bonds. The second-order valence-electron chi connectivity index (χ2n) is 6.46. The largest absolute Gasteiger partial charge is 0.497 e. The molecule has 0 aromatic heterocycles. The van der Waals surface area contributed by atoms with Crippen molar-refractivity contribution in [3.05, 3.63) is 83.9 Å². The van der Waals surface area contributed by atoms with Crippen molar-refractivity contribution in [1.82, 2.24) is 0 Å². The van der Waals surface area contributed by atoms with Crippen molar-refractivity contribution in [2.45, 2.75) is 6.10 Å². The zero-order chi connectivity index (χ0) is 22.2. The number of para-hydroxylation sites is 1. The average molecular weight is 421 g/mol. The second kappa shape index (κ2) is 10.2. The van der Waals surface area contributed by atoms with Crippen molar-refractivity contribution >= 4 is 17.6 Å². The van der Waals surface area contributed by atoms with Crippen molar-refractivity contribution in [3.8, 4) is 17.2 Å². The smallest absolute Gasteiger partial charge is 0.343 e. The zero-order valence-corrected chi connectivity index (χ0v) is 17.5. The molecular formula is C24H23NO6. The van der Waals surface area contributed by atoms with Gasteiger partial charge < -0.3 is 24.3 Å². The number of rotatable bonds is 8. The minimum Gasteiger partial charge on any atom is -0.497 e. The van der Waals surface area contributed by atoms with Crippen LogP contribution >= 0.6 is 0 Å². The number of nitrogens with one attached hydrogen (secondary N) is 1. The van der Waals surface area contributed by atoms with Crippen LogP contribution in [0.4, 0.5) is 5.69 Å². The lowest BCUT2D eigenvalue weighted by molar-refractivity contribution is -0.125. The van der Waals surface area contributed by atoms with E-state index in [2.05, 4.69) is 5.32 Å². The predicted octanol–water partition coefficient (Wildman–Crippen LogP) is 4.25. The second-order valence-corrected chi connectivity index (χ2v) is 6.46. The van der Waals surface area contributed by atoms with Gasteiger partial charge in [0, 0.05) is 17.3 Å². The SMILES string of the molecule is COc1cccc(NC(=O)[C@@H](OC(=O)c2cccc(OC)c2OC)c2ccccc2)c1. The Morgan fingerprint density at radius 2 is 1.55 bits per heavy atom. The van der Waals surface area contributed by atoms with Crippen LogP contribution in [0.25, 0.3) is 0 Å². The molecule has 3 rings (SSSR count). The average Bonchev–Trinajstić information content (AvgIpc) is 2.82. The Morgan fingerprint density at radius 3 is 2.23 bits per heavy atom. The van der Waals surface area contributed by atoms with Gasteiger partial charge in [0.05, 0.1) is 21.3 Å². The van der Waals surface area contributed by atoms with Crippen LogP contribution in [0.1, 0.15) is 22.0 Å². The molecule has 0 saturated heterocycles. The topological polar surface area (TPSA) is 83.1 Å². The highest BCUT2D eigenvalue weighted by molar-refractivity contribution is 5.99. The summed E-state index contributed by atoms with van der Waals surface area (Å²) in [4.78, 5) is 26.0. The van der Waals surface area contributed by atoms with Crippen LogP contribution in [0.15, 0.2) is 72.8 Å². The fourth-order valence-corrected chi connectivity index (χ4v) is 3.03. The van der Waals surface area contributed by atoms with E-state index in [1.54, 1.807) is 66.7 Å². The number of benzene rings is 3. The molecule has 1 N–H and O–H groups in total. The molecular weight excluding hydrogens is 398 g/mol. The lowest BCUT2D eigenvalue weighted by Gasteiger charge is -2.19. The number of hydrogen-bond donors (Lipinski definition) is 1. The first kappa shape index (κ1) is 21.7. The molecule has 0 saturated carbocycles. The van der Waals surface area contributed by atoms with Gasteiger partial charge in [-0.15, -0.1) is 0 Å². The van der Waals surface area contributed by atoms with Crippen LogP contribution in [0.2, 0.25) is 0 Å². The van der Waals surface area contributed by atoms with E-state index >= 15 is 0 Å². The Balaban J connectivity index is 1.90. The van der Waals surface area contributed by atoms with E-state index in [1.165, 1.54) is 21.3 Å². The Kier molecular flexibility index (Phi) is 7.11. The van der Waals surface area contributed by atoms with Gasteiger partial charge in [-0.05, 0) is 24.3 Å². The normalized spacial score (nSPS) is 11.2. The lowest BCUT2D eigenvalue weighted by atomic mass is 10.1. The quantitative estimate of drug-likeness (QED) is 0.548. The number of carbonyl (C=O) groups excluding carboxylic acids is 2. The predicted molar refractivity (Wildman–Crippen MR) is 116 cm³/mol. The van der Waals surface area contributed by atoms with Crippen molar-refractivity contribution in [1.29, 1.82) is 0 Å². The fourth-order valence-electron chi connectivity index (χ4n) is 3.03. The minimum atomic E-state index is -1.18. The maximum atomic E-state index is 13.1. The van der Waals surface area contributed by atoms with E-state index in [4.69, 9.17) is 18.9 Å². The van der Waals surface area contributed by atoms with Crippen LogP contribution in [0.3, 0.4) is 0 Å². The molecule has 1 atom stereocenters. The number of esters is 1. The van der Waals surface area contributed by atoms with Crippen LogP contribution < -0.4 is 19.5 Å². The number of anilines is 1. The van der Waals surface area contributed by atoms with Gasteiger partial charge in [-0.1, -0.05) is 42.5 Å². The molecule has 3 aromatic carbocycles. The molecule has 0 aliphatic carbocycles. The van der Waals surface area contributed by atoms with Crippen LogP contribution in [-0.4, -0.2) is 33.2 Å². The summed E-state index contributed by atoms with van der Waals surface area (Å²) in [5.74, 6) is -0.0173. The maximum Gasteiger partial charge on any atom is 0.343 e. The fraction of sp³-hybridized carbons (Fsp3) is 0.167. The third kappa shape index (κ3) is 5.14. The summed E-state index contributed by atoms with van der Waals surface area (Å²) in [5.41, 5.74) is 1.19. The Bertz CT molecular complexity index is 1050. The van der Waals surface area contributed by atoms with Crippen LogP contribution in [-0.2, 0) is 9.53 Å². The summed E-state index contributed by atoms with van der Waals surface area (Å²) in [6, 6.07) is 20.5. The number of methoxy groups -OCH3 is 3. The molecule has 0 radical (unpaired) electrons. The highest BCUT2D eigenvalue weighted by Gasteiger charge is 2.28. The molecule has 0 spiro atoms. The number of ether oxygens (including phenoxy) is 4. The monoisotopic (exact) mass is 421 g/mol. The van der Waals surface area contributed by atoms with Gasteiger partial charge in [0.2, 0.25) is 6.10 Å². The molecule has 0 fully saturated rings. The van der Waals surface area contributed by atoms with Crippen molar-refractivity contribution in [2.75, 3.05) is 26.6 Å². The summed E-state index contributed by atoms with van der Waals surface area (Å²) in [6.45, 7) is 0. The third-order valence-electron chi connectivity index (χ3n) is 4.53. The van der Waals surface area contributed by atoms with Gasteiger partial charge in [0.25, 0.3) is 5.91 Å². The molecule has 0 heterocycles. The molecule has 160 valence electrons. The van der Waals surface area contributed by atoms with Gasteiger partial charge in [-0.2, -0.15) is 0 Å². The highest BCUT2D eigenvalue weighted by atomic mass is 16.6. The molecule has 0 unspecified atom stereocenters. The first-order chi connectivity index (χ1) is 15.1. The molecule has 7 nitrogen and oxygen atoms in total. The summed E-state index contributed by atoms with van der Waals surface area (Å²) >= 11 is 0. The lowest BCUT2D eigenvalue weighted by Crippen LogP contribution is -2.26. The first-order valence-electron chi connectivity index (χ1n) is 9.49. The highest BCUT2D eigenvalue weighted by Crippen LogP contribution is 2.32. The van der Waals surface area contributed by atoms with Crippen molar-refractivity contribution in [2.24, 2.45) is 0 Å². The van der Waals surface area contributed by atoms with Crippen molar-refractivity contribution < 1.29 is 28.5 Å². The van der Waals surface area contributed by atoms with E-state index < -0.39 is 18.0 Å². The van der Waals surface area contributed by atoms with Gasteiger partial charge >= 0.3 is 5.97 Å². The molecule has 0 aliphatic rings.